The number of alkyl halides is 6. The average molecular weight is 645 g/mol. The van der Waals surface area contributed by atoms with E-state index in [0.717, 1.165) is 28.6 Å². The first-order valence-corrected chi connectivity index (χ1v) is 14.7. The number of aliphatic carboxylic acids is 1. The van der Waals surface area contributed by atoms with Crippen LogP contribution in [0.4, 0.5) is 37.7 Å². The SMILES string of the molecule is COc1cccc(C(F)(F)F)c1C1CN(c2ccc3c(c2)N(S(=O)(=O)c2cccc(C(F)(F)F)c2)C[C@@H](CCC(=O)O)O3)C1. The highest BCUT2D eigenvalue weighted by Gasteiger charge is 2.42. The topological polar surface area (TPSA) is 96.4 Å². The summed E-state index contributed by atoms with van der Waals surface area (Å²) in [6.07, 6.45) is -10.7. The number of anilines is 2. The number of rotatable bonds is 8. The molecule has 5 rings (SSSR count). The second-order valence-electron chi connectivity index (χ2n) is 10.4. The van der Waals surface area contributed by atoms with Crippen LogP contribution >= 0.6 is 0 Å². The van der Waals surface area contributed by atoms with Gasteiger partial charge in [-0.05, 0) is 55.0 Å². The number of fused-ring (bicyclic) bond motifs is 1. The predicted molar refractivity (Wildman–Crippen MR) is 147 cm³/mol. The fraction of sp³-hybridized carbons (Fsp3) is 0.345. The minimum absolute atomic E-state index is 0.00297. The quantitative estimate of drug-likeness (QED) is 0.294. The van der Waals surface area contributed by atoms with Gasteiger partial charge in [-0.3, -0.25) is 9.10 Å². The van der Waals surface area contributed by atoms with Crippen LogP contribution in [0.15, 0.2) is 65.6 Å². The van der Waals surface area contributed by atoms with Crippen LogP contribution in [-0.2, 0) is 27.2 Å². The summed E-state index contributed by atoms with van der Waals surface area (Å²) in [6, 6.07) is 11.4. The van der Waals surface area contributed by atoms with Crippen LogP contribution in [0.1, 0.15) is 35.4 Å². The van der Waals surface area contributed by atoms with Gasteiger partial charge in [0.25, 0.3) is 10.0 Å². The Morgan fingerprint density at radius 2 is 1.68 bits per heavy atom. The molecule has 15 heteroatoms. The van der Waals surface area contributed by atoms with Crippen molar-refractivity contribution in [3.63, 3.8) is 0 Å². The van der Waals surface area contributed by atoms with Crippen molar-refractivity contribution in [2.24, 2.45) is 0 Å². The van der Waals surface area contributed by atoms with Gasteiger partial charge in [0.15, 0.2) is 0 Å². The molecule has 0 spiro atoms. The van der Waals surface area contributed by atoms with E-state index in [2.05, 4.69) is 0 Å². The van der Waals surface area contributed by atoms with E-state index in [9.17, 15) is 39.6 Å². The molecule has 2 aliphatic heterocycles. The van der Waals surface area contributed by atoms with Crippen LogP contribution in [0.2, 0.25) is 0 Å². The molecule has 1 atom stereocenters. The molecule has 2 heterocycles. The minimum Gasteiger partial charge on any atom is -0.496 e. The first-order chi connectivity index (χ1) is 20.6. The molecule has 1 N–H and O–H groups in total. The minimum atomic E-state index is -4.80. The summed E-state index contributed by atoms with van der Waals surface area (Å²) < 4.78 is 121. The normalized spacial score (nSPS) is 17.5. The summed E-state index contributed by atoms with van der Waals surface area (Å²) in [5, 5.41) is 9.11. The van der Waals surface area contributed by atoms with Crippen molar-refractivity contribution in [3.05, 3.63) is 77.4 Å². The van der Waals surface area contributed by atoms with Gasteiger partial charge < -0.3 is 19.5 Å². The number of carbonyl (C=O) groups is 1. The molecule has 0 radical (unpaired) electrons. The maximum atomic E-state index is 13.8. The Hall–Kier alpha value is -4.14. The average Bonchev–Trinajstić information content (AvgIpc) is 2.94. The van der Waals surface area contributed by atoms with Crippen molar-refractivity contribution in [2.75, 3.05) is 35.9 Å². The van der Waals surface area contributed by atoms with Crippen LogP contribution < -0.4 is 18.7 Å². The van der Waals surface area contributed by atoms with E-state index in [0.29, 0.717) is 11.8 Å². The number of hydrogen-bond acceptors (Lipinski definition) is 6. The number of hydrogen-bond donors (Lipinski definition) is 1. The van der Waals surface area contributed by atoms with Gasteiger partial charge >= 0.3 is 18.3 Å². The molecule has 2 aliphatic rings. The monoisotopic (exact) mass is 644 g/mol. The molecule has 0 saturated carbocycles. The van der Waals surface area contributed by atoms with Crippen molar-refractivity contribution in [3.8, 4) is 11.5 Å². The van der Waals surface area contributed by atoms with E-state index >= 15 is 0 Å². The Kier molecular flexibility index (Phi) is 8.12. The van der Waals surface area contributed by atoms with E-state index in [1.165, 1.54) is 31.4 Å². The third-order valence-corrected chi connectivity index (χ3v) is 9.33. The predicted octanol–water partition coefficient (Wildman–Crippen LogP) is 6.16. The smallest absolute Gasteiger partial charge is 0.416 e. The Balaban J connectivity index is 1.48. The van der Waals surface area contributed by atoms with Crippen LogP contribution in [-0.4, -0.2) is 52.3 Å². The second-order valence-corrected chi connectivity index (χ2v) is 12.3. The maximum absolute atomic E-state index is 13.8. The van der Waals surface area contributed by atoms with Crippen LogP contribution in [0, 0.1) is 0 Å². The lowest BCUT2D eigenvalue weighted by atomic mass is 9.86. The van der Waals surface area contributed by atoms with Gasteiger partial charge in [0.05, 0.1) is 35.4 Å². The third-order valence-electron chi connectivity index (χ3n) is 7.55. The summed E-state index contributed by atoms with van der Waals surface area (Å²) in [5.41, 5.74) is -1.52. The van der Waals surface area contributed by atoms with E-state index in [1.807, 2.05) is 0 Å². The largest absolute Gasteiger partial charge is 0.496 e. The van der Waals surface area contributed by atoms with Crippen LogP contribution in [0.25, 0.3) is 0 Å². The molecule has 0 unspecified atom stereocenters. The Morgan fingerprint density at radius 1 is 0.977 bits per heavy atom. The number of carboxylic acid groups (broad SMARTS) is 1. The summed E-state index contributed by atoms with van der Waals surface area (Å²) in [5.74, 6) is -1.54. The summed E-state index contributed by atoms with van der Waals surface area (Å²) in [7, 11) is -3.32. The molecule has 1 saturated heterocycles. The lowest BCUT2D eigenvalue weighted by Crippen LogP contribution is -2.46. The number of benzene rings is 3. The highest BCUT2D eigenvalue weighted by Crippen LogP contribution is 2.46. The summed E-state index contributed by atoms with van der Waals surface area (Å²) >= 11 is 0. The molecule has 3 aromatic rings. The van der Waals surface area contributed by atoms with Crippen molar-refractivity contribution in [2.45, 2.75) is 42.1 Å². The van der Waals surface area contributed by atoms with Gasteiger partial charge in [0.1, 0.15) is 17.6 Å². The van der Waals surface area contributed by atoms with Crippen molar-refractivity contribution >= 4 is 27.4 Å². The number of carboxylic acids is 1. The molecule has 3 aromatic carbocycles. The standard InChI is InChI=1S/C29H26F6N2O6S/c1-42-25-7-3-6-22(29(33,34)35)27(25)17-14-36(15-17)19-8-10-24-23(13-19)37(16-20(43-24)9-11-26(38)39)44(40,41)21-5-2-4-18(12-21)28(30,31)32/h2-8,10,12-13,17,20H,9,11,14-16H2,1H3,(H,38,39)/t20-/m1/s1. The van der Waals surface area contributed by atoms with E-state index in [-0.39, 0.29) is 55.2 Å². The molecule has 236 valence electrons. The Bertz CT molecular complexity index is 1670. The van der Waals surface area contributed by atoms with Gasteiger partial charge in [-0.2, -0.15) is 26.3 Å². The number of halogens is 6. The maximum Gasteiger partial charge on any atom is 0.416 e. The zero-order valence-electron chi connectivity index (χ0n) is 23.0. The first kappa shape index (κ1) is 31.3. The second kappa shape index (κ2) is 11.4. The fourth-order valence-electron chi connectivity index (χ4n) is 5.38. The third kappa shape index (κ3) is 6.10. The molecule has 0 bridgehead atoms. The molecular weight excluding hydrogens is 618 g/mol. The number of ether oxygens (including phenoxy) is 2. The highest BCUT2D eigenvalue weighted by molar-refractivity contribution is 7.92. The van der Waals surface area contributed by atoms with Crippen LogP contribution in [0.3, 0.4) is 0 Å². The first-order valence-electron chi connectivity index (χ1n) is 13.3. The number of methoxy groups -OCH3 is 1. The lowest BCUT2D eigenvalue weighted by Gasteiger charge is -2.43. The molecule has 0 aliphatic carbocycles. The molecule has 1 fully saturated rings. The zero-order chi connectivity index (χ0) is 32.0. The molecule has 0 amide bonds. The molecule has 8 nitrogen and oxygen atoms in total. The van der Waals surface area contributed by atoms with Crippen LogP contribution in [0.5, 0.6) is 11.5 Å². The number of nitrogens with zero attached hydrogens (tertiary/aromatic N) is 2. The Morgan fingerprint density at radius 3 is 2.32 bits per heavy atom. The van der Waals surface area contributed by atoms with Gasteiger partial charge in [-0.25, -0.2) is 8.42 Å². The molecule has 44 heavy (non-hydrogen) atoms. The van der Waals surface area contributed by atoms with Crippen molar-refractivity contribution < 1.29 is 54.1 Å². The van der Waals surface area contributed by atoms with Gasteiger partial charge in [-0.15, -0.1) is 0 Å². The van der Waals surface area contributed by atoms with Crippen molar-refractivity contribution in [1.82, 2.24) is 0 Å². The van der Waals surface area contributed by atoms with E-state index in [4.69, 9.17) is 14.6 Å². The fourth-order valence-corrected chi connectivity index (χ4v) is 6.93. The molecular formula is C29H26F6N2O6S. The summed E-state index contributed by atoms with van der Waals surface area (Å²) in [4.78, 5) is 12.3. The van der Waals surface area contributed by atoms with Gasteiger partial charge in [0.2, 0.25) is 0 Å². The van der Waals surface area contributed by atoms with E-state index in [1.54, 1.807) is 11.0 Å². The van der Waals surface area contributed by atoms with E-state index < -0.39 is 56.4 Å². The molecule has 0 aromatic heterocycles. The van der Waals surface area contributed by atoms with Crippen molar-refractivity contribution in [1.29, 1.82) is 0 Å². The van der Waals surface area contributed by atoms with Gasteiger partial charge in [0, 0.05) is 36.7 Å². The van der Waals surface area contributed by atoms with Gasteiger partial charge in [-0.1, -0.05) is 12.1 Å². The number of sulfonamides is 1. The summed E-state index contributed by atoms with van der Waals surface area (Å²) in [6.45, 7) is -0.0868. The lowest BCUT2D eigenvalue weighted by molar-refractivity contribution is -0.139. The highest BCUT2D eigenvalue weighted by atomic mass is 32.2. The zero-order valence-corrected chi connectivity index (χ0v) is 23.8. The Labute approximate surface area is 248 Å².